The van der Waals surface area contributed by atoms with E-state index < -0.39 is 0 Å². The van der Waals surface area contributed by atoms with Gasteiger partial charge in [0, 0.05) is 19.6 Å². The highest BCUT2D eigenvalue weighted by Gasteiger charge is 2.31. The van der Waals surface area contributed by atoms with E-state index in [4.69, 9.17) is 0 Å². The third kappa shape index (κ3) is 2.99. The molecule has 98 valence electrons. The Kier molecular flexibility index (Phi) is 4.05. The van der Waals surface area contributed by atoms with Crippen LogP contribution in [0.25, 0.3) is 0 Å². The van der Waals surface area contributed by atoms with Crippen molar-refractivity contribution < 1.29 is 9.90 Å². The van der Waals surface area contributed by atoms with Crippen LogP contribution in [0.2, 0.25) is 0 Å². The van der Waals surface area contributed by atoms with Gasteiger partial charge in [-0.05, 0) is 45.6 Å². The Morgan fingerprint density at radius 1 is 1.41 bits per heavy atom. The van der Waals surface area contributed by atoms with Gasteiger partial charge in [0.2, 0.25) is 5.91 Å². The maximum atomic E-state index is 12.2. The summed E-state index contributed by atoms with van der Waals surface area (Å²) in [6, 6.07) is -0.0224. The molecule has 0 aromatic heterocycles. The smallest absolute Gasteiger partial charge is 0.239 e. The van der Waals surface area contributed by atoms with Crippen molar-refractivity contribution in [1.29, 1.82) is 0 Å². The fourth-order valence-corrected chi connectivity index (χ4v) is 2.81. The highest BCUT2D eigenvalue weighted by molar-refractivity contribution is 5.81. The topological polar surface area (TPSA) is 43.8 Å². The first-order chi connectivity index (χ1) is 8.08. The highest BCUT2D eigenvalue weighted by Crippen LogP contribution is 2.28. The molecule has 4 heteroatoms. The van der Waals surface area contributed by atoms with Crippen LogP contribution in [0, 0.1) is 5.92 Å². The first-order valence-corrected chi connectivity index (χ1v) is 6.75. The zero-order valence-electron chi connectivity index (χ0n) is 10.9. The van der Waals surface area contributed by atoms with E-state index in [9.17, 15) is 9.90 Å². The minimum absolute atomic E-state index is 0.0224. The summed E-state index contributed by atoms with van der Waals surface area (Å²) in [5.74, 6) is 0.841. The second-order valence-corrected chi connectivity index (χ2v) is 5.64. The lowest BCUT2D eigenvalue weighted by molar-refractivity contribution is -0.135. The van der Waals surface area contributed by atoms with Gasteiger partial charge in [-0.25, -0.2) is 0 Å². The van der Waals surface area contributed by atoms with Gasteiger partial charge in [0.1, 0.15) is 0 Å². The van der Waals surface area contributed by atoms with E-state index in [-0.39, 0.29) is 18.1 Å². The first-order valence-electron chi connectivity index (χ1n) is 6.75. The lowest BCUT2D eigenvalue weighted by Gasteiger charge is -2.37. The van der Waals surface area contributed by atoms with Crippen LogP contribution in [0.4, 0.5) is 0 Å². The highest BCUT2D eigenvalue weighted by atomic mass is 16.3. The lowest BCUT2D eigenvalue weighted by atomic mass is 9.82. The zero-order chi connectivity index (χ0) is 12.4. The number of nitrogens with zero attached hydrogens (tertiary/aromatic N) is 2. The van der Waals surface area contributed by atoms with Crippen LogP contribution in [0.5, 0.6) is 0 Å². The molecule has 1 saturated carbocycles. The van der Waals surface area contributed by atoms with E-state index in [0.29, 0.717) is 5.92 Å². The Bertz CT molecular complexity index is 271. The summed E-state index contributed by atoms with van der Waals surface area (Å²) in [6.07, 6.45) is 4.00. The molecule has 17 heavy (non-hydrogen) atoms. The van der Waals surface area contributed by atoms with Gasteiger partial charge in [-0.15, -0.1) is 0 Å². The number of likely N-dealkylation sites (tertiary alicyclic amines) is 1. The van der Waals surface area contributed by atoms with Gasteiger partial charge >= 0.3 is 0 Å². The summed E-state index contributed by atoms with van der Waals surface area (Å²) in [4.78, 5) is 16.3. The van der Waals surface area contributed by atoms with E-state index in [2.05, 4.69) is 4.90 Å². The number of hydrogen-bond donors (Lipinski definition) is 1. The molecule has 1 N–H and O–H groups in total. The largest absolute Gasteiger partial charge is 0.393 e. The fraction of sp³-hybridized carbons (Fsp3) is 0.923. The van der Waals surface area contributed by atoms with Gasteiger partial charge in [0.05, 0.1) is 12.1 Å². The molecule has 1 heterocycles. The number of aliphatic hydroxyl groups excluding tert-OH is 1. The second kappa shape index (κ2) is 5.36. The van der Waals surface area contributed by atoms with Crippen molar-refractivity contribution in [1.82, 2.24) is 9.80 Å². The molecule has 1 saturated heterocycles. The number of hydrogen-bond acceptors (Lipinski definition) is 3. The first kappa shape index (κ1) is 12.8. The molecular formula is C13H24N2O2. The van der Waals surface area contributed by atoms with Crippen molar-refractivity contribution >= 4 is 5.91 Å². The predicted octanol–water partition coefficient (Wildman–Crippen LogP) is 0.700. The van der Waals surface area contributed by atoms with Gasteiger partial charge in [-0.2, -0.15) is 0 Å². The number of likely N-dealkylation sites (N-methyl/N-ethyl adjacent to an activating group) is 1. The van der Waals surface area contributed by atoms with Crippen molar-refractivity contribution in [3.8, 4) is 0 Å². The number of amides is 1. The Hall–Kier alpha value is -0.610. The monoisotopic (exact) mass is 240 g/mol. The van der Waals surface area contributed by atoms with E-state index in [1.54, 1.807) is 0 Å². The second-order valence-electron chi connectivity index (χ2n) is 5.64. The molecule has 2 aliphatic rings. The molecule has 0 aromatic carbocycles. The summed E-state index contributed by atoms with van der Waals surface area (Å²) in [5, 5.41) is 9.26. The average molecular weight is 240 g/mol. The van der Waals surface area contributed by atoms with Crippen molar-refractivity contribution in [3.63, 3.8) is 0 Å². The summed E-state index contributed by atoms with van der Waals surface area (Å²) < 4.78 is 0. The van der Waals surface area contributed by atoms with Gasteiger partial charge in [0.25, 0.3) is 0 Å². The molecule has 1 unspecified atom stereocenters. The quantitative estimate of drug-likeness (QED) is 0.786. The normalized spacial score (nSPS) is 30.5. The zero-order valence-corrected chi connectivity index (χ0v) is 10.9. The van der Waals surface area contributed by atoms with E-state index in [0.717, 1.165) is 45.3 Å². The summed E-state index contributed by atoms with van der Waals surface area (Å²) in [6.45, 7) is 4.78. The molecule has 1 aliphatic carbocycles. The average Bonchev–Trinajstić information content (AvgIpc) is 2.78. The summed E-state index contributed by atoms with van der Waals surface area (Å²) >= 11 is 0. The third-order valence-electron chi connectivity index (χ3n) is 4.19. The SMILES string of the molecule is CC(C(=O)N1CCCC1)N(C)CC1CC(O)C1. The lowest BCUT2D eigenvalue weighted by Crippen LogP contribution is -2.47. The van der Waals surface area contributed by atoms with E-state index >= 15 is 0 Å². The number of carbonyl (C=O) groups is 1. The molecule has 0 aromatic rings. The molecule has 0 radical (unpaired) electrons. The number of rotatable bonds is 4. The van der Waals surface area contributed by atoms with E-state index in [1.807, 2.05) is 18.9 Å². The molecule has 0 spiro atoms. The number of aliphatic hydroxyl groups is 1. The molecule has 1 atom stereocenters. The van der Waals surface area contributed by atoms with Crippen LogP contribution in [0.15, 0.2) is 0 Å². The molecule has 0 bridgehead atoms. The van der Waals surface area contributed by atoms with Crippen LogP contribution in [0.1, 0.15) is 32.6 Å². The standard InChI is InChI=1S/C13H24N2O2/c1-10(13(17)15-5-3-4-6-15)14(2)9-11-7-12(16)8-11/h10-12,16H,3-9H2,1-2H3. The van der Waals surface area contributed by atoms with Crippen molar-refractivity contribution in [3.05, 3.63) is 0 Å². The Morgan fingerprint density at radius 2 is 2.00 bits per heavy atom. The fourth-order valence-electron chi connectivity index (χ4n) is 2.81. The van der Waals surface area contributed by atoms with Crippen molar-refractivity contribution in [2.75, 3.05) is 26.7 Å². The van der Waals surface area contributed by atoms with Crippen molar-refractivity contribution in [2.45, 2.75) is 44.8 Å². The predicted molar refractivity (Wildman–Crippen MR) is 66.6 cm³/mol. The minimum Gasteiger partial charge on any atom is -0.393 e. The Labute approximate surface area is 104 Å². The Balaban J connectivity index is 1.77. The minimum atomic E-state index is -0.0991. The maximum Gasteiger partial charge on any atom is 0.239 e. The van der Waals surface area contributed by atoms with Gasteiger partial charge in [-0.1, -0.05) is 0 Å². The van der Waals surface area contributed by atoms with Crippen LogP contribution in [-0.2, 0) is 4.79 Å². The summed E-state index contributed by atoms with van der Waals surface area (Å²) in [7, 11) is 2.02. The molecule has 1 amide bonds. The van der Waals surface area contributed by atoms with Crippen LogP contribution < -0.4 is 0 Å². The molecular weight excluding hydrogens is 216 g/mol. The number of carbonyl (C=O) groups excluding carboxylic acids is 1. The van der Waals surface area contributed by atoms with Crippen LogP contribution >= 0.6 is 0 Å². The molecule has 2 fully saturated rings. The van der Waals surface area contributed by atoms with Crippen LogP contribution in [0.3, 0.4) is 0 Å². The molecule has 1 aliphatic heterocycles. The Morgan fingerprint density at radius 3 is 2.53 bits per heavy atom. The van der Waals surface area contributed by atoms with Gasteiger partial charge < -0.3 is 10.0 Å². The third-order valence-corrected chi connectivity index (χ3v) is 4.19. The maximum absolute atomic E-state index is 12.2. The van der Waals surface area contributed by atoms with Gasteiger partial charge in [-0.3, -0.25) is 9.69 Å². The van der Waals surface area contributed by atoms with Crippen LogP contribution in [-0.4, -0.2) is 59.6 Å². The van der Waals surface area contributed by atoms with Crippen molar-refractivity contribution in [2.24, 2.45) is 5.92 Å². The molecule has 2 rings (SSSR count). The molecule has 4 nitrogen and oxygen atoms in total. The summed E-state index contributed by atoms with van der Waals surface area (Å²) in [5.41, 5.74) is 0. The van der Waals surface area contributed by atoms with Gasteiger partial charge in [0.15, 0.2) is 0 Å². The van der Waals surface area contributed by atoms with E-state index in [1.165, 1.54) is 0 Å².